The summed E-state index contributed by atoms with van der Waals surface area (Å²) in [5, 5.41) is 4.29. The van der Waals surface area contributed by atoms with Gasteiger partial charge >= 0.3 is 0 Å². The number of amides is 1. The van der Waals surface area contributed by atoms with Crippen molar-refractivity contribution in [1.82, 2.24) is 10.2 Å². The first kappa shape index (κ1) is 19.6. The van der Waals surface area contributed by atoms with Crippen LogP contribution in [0.25, 0.3) is 0 Å². The van der Waals surface area contributed by atoms with Crippen LogP contribution in [0.2, 0.25) is 10.0 Å². The minimum Gasteiger partial charge on any atom is -0.336 e. The second-order valence-electron chi connectivity index (χ2n) is 6.02. The first-order valence-electron chi connectivity index (χ1n) is 7.35. The van der Waals surface area contributed by atoms with Gasteiger partial charge in [0.1, 0.15) is 0 Å². The lowest BCUT2D eigenvalue weighted by Crippen LogP contribution is -2.51. The van der Waals surface area contributed by atoms with E-state index in [2.05, 4.69) is 5.32 Å². The van der Waals surface area contributed by atoms with Crippen molar-refractivity contribution in [3.63, 3.8) is 0 Å². The molecule has 1 fully saturated rings. The van der Waals surface area contributed by atoms with Crippen LogP contribution in [0.5, 0.6) is 0 Å². The Morgan fingerprint density at radius 1 is 1.27 bits per heavy atom. The van der Waals surface area contributed by atoms with E-state index >= 15 is 0 Å². The molecule has 0 spiro atoms. The molecule has 1 saturated heterocycles. The zero-order valence-corrected chi connectivity index (χ0v) is 15.4. The average Bonchev–Trinajstić information content (AvgIpc) is 2.36. The van der Waals surface area contributed by atoms with Gasteiger partial charge in [0, 0.05) is 18.5 Å². The minimum absolute atomic E-state index is 0. The van der Waals surface area contributed by atoms with E-state index in [9.17, 15) is 4.79 Å². The van der Waals surface area contributed by atoms with Gasteiger partial charge < -0.3 is 10.2 Å². The first-order valence-corrected chi connectivity index (χ1v) is 8.11. The number of carbonyl (C=O) groups excluding carboxylic acids is 1. The van der Waals surface area contributed by atoms with Crippen molar-refractivity contribution in [3.8, 4) is 0 Å². The van der Waals surface area contributed by atoms with Gasteiger partial charge in [-0.05, 0) is 50.6 Å². The number of nitrogens with one attached hydrogen (secondary N) is 1. The number of nitrogens with zero attached hydrogens (tertiary/aromatic N) is 1. The van der Waals surface area contributed by atoms with Crippen LogP contribution in [-0.4, -0.2) is 29.9 Å². The molecule has 0 bridgehead atoms. The van der Waals surface area contributed by atoms with Crippen molar-refractivity contribution in [2.75, 3.05) is 13.1 Å². The summed E-state index contributed by atoms with van der Waals surface area (Å²) in [7, 11) is 0. The summed E-state index contributed by atoms with van der Waals surface area (Å²) in [6.45, 7) is 8.55. The quantitative estimate of drug-likeness (QED) is 0.855. The smallest absolute Gasteiger partial charge is 0.226 e. The van der Waals surface area contributed by atoms with Crippen molar-refractivity contribution in [2.24, 2.45) is 11.8 Å². The van der Waals surface area contributed by atoms with Crippen molar-refractivity contribution in [3.05, 3.63) is 33.8 Å². The van der Waals surface area contributed by atoms with E-state index in [0.717, 1.165) is 18.7 Å². The fourth-order valence-electron chi connectivity index (χ4n) is 2.48. The molecule has 1 heterocycles. The molecule has 2 rings (SSSR count). The largest absolute Gasteiger partial charge is 0.336 e. The van der Waals surface area contributed by atoms with Gasteiger partial charge in [0.2, 0.25) is 5.91 Å². The topological polar surface area (TPSA) is 32.3 Å². The molecule has 124 valence electrons. The fraction of sp³-hybridized carbons (Fsp3) is 0.562. The highest BCUT2D eigenvalue weighted by atomic mass is 35.5. The number of carbonyl (C=O) groups is 1. The van der Waals surface area contributed by atoms with E-state index in [1.807, 2.05) is 37.8 Å². The third-order valence-electron chi connectivity index (χ3n) is 4.15. The lowest BCUT2D eigenvalue weighted by Gasteiger charge is -2.36. The number of halogens is 3. The van der Waals surface area contributed by atoms with E-state index in [-0.39, 0.29) is 30.3 Å². The molecule has 0 radical (unpaired) electrons. The maximum atomic E-state index is 12.7. The lowest BCUT2D eigenvalue weighted by atomic mass is 9.87. The summed E-state index contributed by atoms with van der Waals surface area (Å²) in [4.78, 5) is 14.6. The highest BCUT2D eigenvalue weighted by Crippen LogP contribution is 2.25. The monoisotopic (exact) mass is 364 g/mol. The Balaban J connectivity index is 0.00000242. The number of benzene rings is 1. The molecule has 6 heteroatoms. The van der Waals surface area contributed by atoms with E-state index in [4.69, 9.17) is 23.2 Å². The van der Waals surface area contributed by atoms with Crippen LogP contribution in [-0.2, 0) is 11.3 Å². The van der Waals surface area contributed by atoms with Gasteiger partial charge in [0.05, 0.1) is 10.0 Å². The van der Waals surface area contributed by atoms with E-state index in [1.165, 1.54) is 0 Å². The third-order valence-corrected chi connectivity index (χ3v) is 4.89. The van der Waals surface area contributed by atoms with Crippen LogP contribution in [0.3, 0.4) is 0 Å². The molecule has 1 unspecified atom stereocenters. The maximum Gasteiger partial charge on any atom is 0.226 e. The third kappa shape index (κ3) is 4.51. The molecule has 22 heavy (non-hydrogen) atoms. The van der Waals surface area contributed by atoms with Gasteiger partial charge in [-0.25, -0.2) is 0 Å². The Morgan fingerprint density at radius 3 is 2.36 bits per heavy atom. The van der Waals surface area contributed by atoms with Crippen LogP contribution in [0.1, 0.15) is 26.3 Å². The zero-order valence-electron chi connectivity index (χ0n) is 13.1. The SMILES string of the molecule is CC(C(=O)N(Cc1ccc(Cl)c(Cl)c1)C(C)C)C1CNC1.Cl. The molecule has 1 aliphatic rings. The zero-order chi connectivity index (χ0) is 15.6. The second-order valence-corrected chi connectivity index (χ2v) is 6.83. The van der Waals surface area contributed by atoms with Crippen LogP contribution in [0, 0.1) is 11.8 Å². The molecule has 0 saturated carbocycles. The van der Waals surface area contributed by atoms with Gasteiger partial charge in [-0.1, -0.05) is 36.2 Å². The predicted molar refractivity (Wildman–Crippen MR) is 94.9 cm³/mol. The highest BCUT2D eigenvalue weighted by molar-refractivity contribution is 6.42. The van der Waals surface area contributed by atoms with Crippen molar-refractivity contribution >= 4 is 41.5 Å². The Labute approximate surface area is 148 Å². The van der Waals surface area contributed by atoms with Gasteiger partial charge in [-0.15, -0.1) is 12.4 Å². The summed E-state index contributed by atoms with van der Waals surface area (Å²) in [6, 6.07) is 5.69. The molecule has 1 aromatic rings. The summed E-state index contributed by atoms with van der Waals surface area (Å²) in [5.41, 5.74) is 1.00. The van der Waals surface area contributed by atoms with Crippen LogP contribution < -0.4 is 5.32 Å². The fourth-order valence-corrected chi connectivity index (χ4v) is 2.80. The lowest BCUT2D eigenvalue weighted by molar-refractivity contribution is -0.139. The highest BCUT2D eigenvalue weighted by Gasteiger charge is 2.32. The Bertz CT molecular complexity index is 518. The van der Waals surface area contributed by atoms with Crippen molar-refractivity contribution in [2.45, 2.75) is 33.4 Å². The predicted octanol–water partition coefficient (Wildman–Crippen LogP) is 4.01. The summed E-state index contributed by atoms with van der Waals surface area (Å²) < 4.78 is 0. The van der Waals surface area contributed by atoms with Gasteiger partial charge in [-0.2, -0.15) is 0 Å². The maximum absolute atomic E-state index is 12.7. The number of rotatable bonds is 5. The molecule has 3 nitrogen and oxygen atoms in total. The molecule has 1 aromatic carbocycles. The minimum atomic E-state index is 0. The molecule has 1 amide bonds. The van der Waals surface area contributed by atoms with Crippen molar-refractivity contribution in [1.29, 1.82) is 0 Å². The molecule has 1 N–H and O–H groups in total. The van der Waals surface area contributed by atoms with Crippen LogP contribution in [0.4, 0.5) is 0 Å². The molecule has 0 aliphatic carbocycles. The second kappa shape index (κ2) is 8.39. The Morgan fingerprint density at radius 2 is 1.91 bits per heavy atom. The van der Waals surface area contributed by atoms with Gasteiger partial charge in [-0.3, -0.25) is 4.79 Å². The number of hydrogen-bond acceptors (Lipinski definition) is 2. The van der Waals surface area contributed by atoms with Gasteiger partial charge in [0.25, 0.3) is 0 Å². The molecule has 0 aromatic heterocycles. The first-order chi connectivity index (χ1) is 9.90. The molecular formula is C16H23Cl3N2O. The molecular weight excluding hydrogens is 343 g/mol. The summed E-state index contributed by atoms with van der Waals surface area (Å²) in [6.07, 6.45) is 0. The van der Waals surface area contributed by atoms with Crippen LogP contribution in [0.15, 0.2) is 18.2 Å². The summed E-state index contributed by atoms with van der Waals surface area (Å²) in [5.74, 6) is 0.714. The Kier molecular flexibility index (Phi) is 7.47. The van der Waals surface area contributed by atoms with E-state index < -0.39 is 0 Å². The van der Waals surface area contributed by atoms with E-state index in [1.54, 1.807) is 6.07 Å². The van der Waals surface area contributed by atoms with Crippen LogP contribution >= 0.6 is 35.6 Å². The Hall–Kier alpha value is -0.480. The van der Waals surface area contributed by atoms with E-state index in [0.29, 0.717) is 22.5 Å². The average molecular weight is 366 g/mol. The molecule has 1 atom stereocenters. The molecule has 1 aliphatic heterocycles. The van der Waals surface area contributed by atoms with Crippen molar-refractivity contribution < 1.29 is 4.79 Å². The standard InChI is InChI=1S/C16H22Cl2N2O.ClH/c1-10(2)20(16(21)11(3)13-7-19-8-13)9-12-4-5-14(17)15(18)6-12;/h4-6,10-11,13,19H,7-9H2,1-3H3;1H. The normalized spacial score (nSPS) is 15.9. The summed E-state index contributed by atoms with van der Waals surface area (Å²) >= 11 is 12.0. The van der Waals surface area contributed by atoms with Gasteiger partial charge in [0.15, 0.2) is 0 Å². The number of hydrogen-bond donors (Lipinski definition) is 1.